The number of hydrogen-bond donors (Lipinski definition) is 2. The lowest BCUT2D eigenvalue weighted by Gasteiger charge is -2.28. The Bertz CT molecular complexity index is 447. The molecule has 17 heavy (non-hydrogen) atoms. The Morgan fingerprint density at radius 1 is 1.53 bits per heavy atom. The third-order valence-electron chi connectivity index (χ3n) is 2.74. The highest BCUT2D eigenvalue weighted by atomic mass is 127. The molecule has 1 rings (SSSR count). The molecular weight excluding hydrogens is 329 g/mol. The van der Waals surface area contributed by atoms with Gasteiger partial charge in [-0.1, -0.05) is 18.7 Å². The third-order valence-corrected chi connectivity index (χ3v) is 3.73. The third kappa shape index (κ3) is 2.78. The summed E-state index contributed by atoms with van der Waals surface area (Å²) in [6.07, 6.45) is 7.13. The van der Waals surface area contributed by atoms with E-state index in [0.29, 0.717) is 0 Å². The quantitative estimate of drug-likeness (QED) is 0.607. The van der Waals surface area contributed by atoms with Gasteiger partial charge in [0.2, 0.25) is 5.91 Å². The molecule has 0 radical (unpaired) electrons. The lowest BCUT2D eigenvalue weighted by molar-refractivity contribution is -0.124. The van der Waals surface area contributed by atoms with E-state index in [0.717, 1.165) is 14.8 Å². The van der Waals surface area contributed by atoms with Crippen molar-refractivity contribution in [1.82, 2.24) is 5.01 Å². The maximum Gasteiger partial charge on any atom is 0.227 e. The van der Waals surface area contributed by atoms with Crippen LogP contribution in [0, 0.1) is 5.41 Å². The van der Waals surface area contributed by atoms with Gasteiger partial charge in [0.15, 0.2) is 0 Å². The molecule has 5 heteroatoms. The summed E-state index contributed by atoms with van der Waals surface area (Å²) >= 11 is 2.15. The number of amides is 1. The molecule has 0 unspecified atom stereocenters. The SMILES string of the molecule is C=C/C(I)=C1/C=CC(C(C)(C)C(N)=O)=CN1N. The van der Waals surface area contributed by atoms with Gasteiger partial charge >= 0.3 is 0 Å². The number of hydrogen-bond acceptors (Lipinski definition) is 3. The van der Waals surface area contributed by atoms with E-state index in [2.05, 4.69) is 29.2 Å². The molecule has 0 saturated carbocycles. The normalized spacial score (nSPS) is 18.8. The van der Waals surface area contributed by atoms with E-state index in [1.165, 1.54) is 5.01 Å². The van der Waals surface area contributed by atoms with Gasteiger partial charge in [-0.2, -0.15) is 0 Å². The minimum atomic E-state index is -0.737. The summed E-state index contributed by atoms with van der Waals surface area (Å²) in [5, 5.41) is 1.48. The Kier molecular flexibility index (Phi) is 4.16. The molecule has 0 aliphatic carbocycles. The molecule has 0 aromatic rings. The average Bonchev–Trinajstić information content (AvgIpc) is 2.27. The van der Waals surface area contributed by atoms with Crippen LogP contribution >= 0.6 is 22.6 Å². The lowest BCUT2D eigenvalue weighted by atomic mass is 9.83. The van der Waals surface area contributed by atoms with Gasteiger partial charge in [-0.05, 0) is 48.1 Å². The predicted molar refractivity (Wildman–Crippen MR) is 77.5 cm³/mol. The second kappa shape index (κ2) is 5.05. The molecular formula is C12H16IN3O. The number of hydrazine groups is 1. The first-order chi connectivity index (χ1) is 7.80. The van der Waals surface area contributed by atoms with Crippen LogP contribution in [0.5, 0.6) is 0 Å². The zero-order valence-electron chi connectivity index (χ0n) is 9.90. The minimum Gasteiger partial charge on any atom is -0.369 e. The molecule has 0 atom stereocenters. The molecule has 1 aliphatic rings. The van der Waals surface area contributed by atoms with Crippen molar-refractivity contribution in [2.24, 2.45) is 17.0 Å². The number of carbonyl (C=O) groups excluding carboxylic acids is 1. The fourth-order valence-corrected chi connectivity index (χ4v) is 1.79. The second-order valence-electron chi connectivity index (χ2n) is 4.25. The fourth-order valence-electron chi connectivity index (χ4n) is 1.34. The van der Waals surface area contributed by atoms with Gasteiger partial charge in [-0.3, -0.25) is 9.80 Å². The maximum absolute atomic E-state index is 11.4. The molecule has 0 fully saturated rings. The van der Waals surface area contributed by atoms with Crippen molar-refractivity contribution in [1.29, 1.82) is 0 Å². The van der Waals surface area contributed by atoms with E-state index in [9.17, 15) is 4.79 Å². The largest absolute Gasteiger partial charge is 0.369 e. The summed E-state index contributed by atoms with van der Waals surface area (Å²) in [5.41, 5.74) is 6.25. The lowest BCUT2D eigenvalue weighted by Crippen LogP contribution is -2.36. The van der Waals surface area contributed by atoms with Crippen molar-refractivity contribution in [3.05, 3.63) is 45.9 Å². The molecule has 0 bridgehead atoms. The Morgan fingerprint density at radius 2 is 2.12 bits per heavy atom. The summed E-state index contributed by atoms with van der Waals surface area (Å²) in [5.74, 6) is 5.50. The highest BCUT2D eigenvalue weighted by Crippen LogP contribution is 2.31. The minimum absolute atomic E-state index is 0.382. The first kappa shape index (κ1) is 14.0. The molecule has 0 saturated heterocycles. The average molecular weight is 345 g/mol. The standard InChI is InChI=1S/C12H16IN3O/c1-4-9(13)10-6-5-8(7-16(10)15)12(2,3)11(14)17/h4-7H,1,15H2,2-3H3,(H2,14,17)/b10-9+. The van der Waals surface area contributed by atoms with Gasteiger partial charge in [0, 0.05) is 9.78 Å². The van der Waals surface area contributed by atoms with Crippen molar-refractivity contribution in [3.63, 3.8) is 0 Å². The van der Waals surface area contributed by atoms with Crippen molar-refractivity contribution in [2.75, 3.05) is 0 Å². The van der Waals surface area contributed by atoms with Crippen molar-refractivity contribution in [3.8, 4) is 0 Å². The van der Waals surface area contributed by atoms with Crippen LogP contribution in [0.1, 0.15) is 13.8 Å². The van der Waals surface area contributed by atoms with Gasteiger partial charge in [0.25, 0.3) is 0 Å². The van der Waals surface area contributed by atoms with Crippen molar-refractivity contribution >= 4 is 28.5 Å². The van der Waals surface area contributed by atoms with Crippen LogP contribution in [0.2, 0.25) is 0 Å². The molecule has 1 heterocycles. The van der Waals surface area contributed by atoms with Crippen LogP contribution in [0.15, 0.2) is 45.9 Å². The number of carbonyl (C=O) groups is 1. The van der Waals surface area contributed by atoms with Crippen LogP contribution in [0.25, 0.3) is 0 Å². The fraction of sp³-hybridized carbons (Fsp3) is 0.250. The van der Waals surface area contributed by atoms with Gasteiger partial charge < -0.3 is 5.73 Å². The van der Waals surface area contributed by atoms with Gasteiger partial charge in [0.1, 0.15) is 0 Å². The highest BCUT2D eigenvalue weighted by Gasteiger charge is 2.30. The van der Waals surface area contributed by atoms with Crippen LogP contribution in [-0.4, -0.2) is 10.9 Å². The summed E-state index contributed by atoms with van der Waals surface area (Å²) in [6.45, 7) is 7.23. The van der Waals surface area contributed by atoms with E-state index in [-0.39, 0.29) is 5.91 Å². The molecule has 4 nitrogen and oxygen atoms in total. The first-order valence-electron chi connectivity index (χ1n) is 5.07. The van der Waals surface area contributed by atoms with E-state index in [4.69, 9.17) is 11.6 Å². The van der Waals surface area contributed by atoms with E-state index in [1.807, 2.05) is 12.2 Å². The van der Waals surface area contributed by atoms with Gasteiger partial charge in [-0.25, -0.2) is 5.84 Å². The van der Waals surface area contributed by atoms with Gasteiger partial charge in [0.05, 0.1) is 11.1 Å². The van der Waals surface area contributed by atoms with E-state index in [1.54, 1.807) is 26.1 Å². The van der Waals surface area contributed by atoms with Crippen molar-refractivity contribution in [2.45, 2.75) is 13.8 Å². The Balaban J connectivity index is 3.12. The number of rotatable bonds is 3. The van der Waals surface area contributed by atoms with Crippen LogP contribution < -0.4 is 11.6 Å². The monoisotopic (exact) mass is 345 g/mol. The molecule has 0 spiro atoms. The zero-order valence-corrected chi connectivity index (χ0v) is 12.1. The summed E-state index contributed by atoms with van der Waals surface area (Å²) < 4.78 is 0.938. The number of nitrogens with zero attached hydrogens (tertiary/aromatic N) is 1. The second-order valence-corrected chi connectivity index (χ2v) is 5.41. The Labute approximate surface area is 115 Å². The number of nitrogens with two attached hydrogens (primary N) is 2. The smallest absolute Gasteiger partial charge is 0.227 e. The molecule has 1 aliphatic heterocycles. The van der Waals surface area contributed by atoms with Crippen LogP contribution in [-0.2, 0) is 4.79 Å². The maximum atomic E-state index is 11.4. The first-order valence-corrected chi connectivity index (χ1v) is 6.15. The zero-order chi connectivity index (χ0) is 13.2. The topological polar surface area (TPSA) is 72.4 Å². The van der Waals surface area contributed by atoms with E-state index >= 15 is 0 Å². The summed E-state index contributed by atoms with van der Waals surface area (Å²) in [4.78, 5) is 11.4. The molecule has 1 amide bonds. The Hall–Kier alpha value is -1.08. The molecule has 0 aromatic heterocycles. The Morgan fingerprint density at radius 3 is 2.53 bits per heavy atom. The van der Waals surface area contributed by atoms with Crippen LogP contribution in [0.4, 0.5) is 0 Å². The number of primary amides is 1. The predicted octanol–water partition coefficient (Wildman–Crippen LogP) is 1.96. The number of halogens is 1. The molecule has 92 valence electrons. The number of allylic oxidation sites excluding steroid dienone is 4. The summed E-state index contributed by atoms with van der Waals surface area (Å²) in [6, 6.07) is 0. The van der Waals surface area contributed by atoms with Gasteiger partial charge in [-0.15, -0.1) is 0 Å². The van der Waals surface area contributed by atoms with Crippen LogP contribution in [0.3, 0.4) is 0 Å². The van der Waals surface area contributed by atoms with Crippen molar-refractivity contribution < 1.29 is 4.79 Å². The molecule has 4 N–H and O–H groups in total. The molecule has 0 aromatic carbocycles. The van der Waals surface area contributed by atoms with E-state index < -0.39 is 5.41 Å². The highest BCUT2D eigenvalue weighted by molar-refractivity contribution is 14.1. The summed E-state index contributed by atoms with van der Waals surface area (Å²) in [7, 11) is 0.